The van der Waals surface area contributed by atoms with E-state index in [1.165, 1.54) is 23.2 Å². The van der Waals surface area contributed by atoms with Gasteiger partial charge in [0.15, 0.2) is 0 Å². The fourth-order valence-corrected chi connectivity index (χ4v) is 1.57. The molecule has 88 valence electrons. The van der Waals surface area contributed by atoms with E-state index in [1.54, 1.807) is 0 Å². The number of hydrogen-bond donors (Lipinski definition) is 2. The van der Waals surface area contributed by atoms with Crippen LogP contribution in [-0.4, -0.2) is 19.5 Å². The first kappa shape index (κ1) is 11.5. The molecule has 0 aliphatic carbocycles. The highest BCUT2D eigenvalue weighted by atomic mass is 79.9. The van der Waals surface area contributed by atoms with Crippen LogP contribution in [0.5, 0.6) is 0 Å². The van der Waals surface area contributed by atoms with Gasteiger partial charge in [-0.25, -0.2) is 9.78 Å². The summed E-state index contributed by atoms with van der Waals surface area (Å²) in [6, 6.07) is 0. The quantitative estimate of drug-likeness (QED) is 0.793. The Hall–Kier alpha value is -1.96. The van der Waals surface area contributed by atoms with Gasteiger partial charge < -0.3 is 5.73 Å². The number of nitrogens with one attached hydrogen (secondary N) is 1. The maximum atomic E-state index is 11.5. The predicted octanol–water partition coefficient (Wildman–Crippen LogP) is -0.280. The number of hydrogen-bond acceptors (Lipinski definition) is 5. The standard InChI is InChI=1S/C9H8BrN5O2/c10-6-4-15(9(17)14-8(6)16)3-5-1-13-7(11)2-12-5/h1-2,4H,3H2,(H2,11,13)(H,14,16,17). The lowest BCUT2D eigenvalue weighted by atomic mass is 10.4. The second-order valence-corrected chi connectivity index (χ2v) is 4.15. The molecule has 17 heavy (non-hydrogen) atoms. The van der Waals surface area contributed by atoms with Crippen LogP contribution in [0.1, 0.15) is 5.69 Å². The molecule has 0 atom stereocenters. The van der Waals surface area contributed by atoms with E-state index in [9.17, 15) is 9.59 Å². The van der Waals surface area contributed by atoms with Crippen molar-refractivity contribution in [1.29, 1.82) is 0 Å². The molecule has 0 aliphatic rings. The Morgan fingerprint density at radius 1 is 1.35 bits per heavy atom. The number of anilines is 1. The zero-order valence-corrected chi connectivity index (χ0v) is 10.1. The van der Waals surface area contributed by atoms with E-state index in [-0.39, 0.29) is 11.0 Å². The molecule has 2 aromatic rings. The molecule has 0 aliphatic heterocycles. The molecule has 2 rings (SSSR count). The van der Waals surface area contributed by atoms with E-state index in [2.05, 4.69) is 30.9 Å². The summed E-state index contributed by atoms with van der Waals surface area (Å²) in [5, 5.41) is 0. The molecule has 8 heteroatoms. The Bertz CT molecular complexity index is 646. The van der Waals surface area contributed by atoms with Crippen LogP contribution < -0.4 is 17.0 Å². The van der Waals surface area contributed by atoms with Crippen molar-refractivity contribution in [2.45, 2.75) is 6.54 Å². The number of nitrogen functional groups attached to an aromatic ring is 1. The average molecular weight is 298 g/mol. The molecule has 0 saturated carbocycles. The van der Waals surface area contributed by atoms with Crippen LogP contribution in [0.25, 0.3) is 0 Å². The zero-order valence-electron chi connectivity index (χ0n) is 8.55. The van der Waals surface area contributed by atoms with Crippen LogP contribution >= 0.6 is 15.9 Å². The summed E-state index contributed by atoms with van der Waals surface area (Å²) < 4.78 is 1.59. The summed E-state index contributed by atoms with van der Waals surface area (Å²) in [5.41, 5.74) is 5.00. The molecule has 0 spiro atoms. The lowest BCUT2D eigenvalue weighted by molar-refractivity contribution is 0.698. The maximum absolute atomic E-state index is 11.5. The number of aromatic nitrogens is 4. The number of nitrogens with zero attached hydrogens (tertiary/aromatic N) is 3. The first-order valence-corrected chi connectivity index (χ1v) is 5.41. The third-order valence-electron chi connectivity index (χ3n) is 2.03. The second-order valence-electron chi connectivity index (χ2n) is 3.30. The van der Waals surface area contributed by atoms with Gasteiger partial charge in [-0.05, 0) is 15.9 Å². The van der Waals surface area contributed by atoms with Crippen LogP contribution in [0.3, 0.4) is 0 Å². The Kier molecular flexibility index (Phi) is 3.05. The van der Waals surface area contributed by atoms with Gasteiger partial charge in [0.05, 0.1) is 29.1 Å². The maximum Gasteiger partial charge on any atom is 0.328 e. The van der Waals surface area contributed by atoms with Crippen molar-refractivity contribution in [3.8, 4) is 0 Å². The third kappa shape index (κ3) is 2.59. The Morgan fingerprint density at radius 2 is 2.12 bits per heavy atom. The summed E-state index contributed by atoms with van der Waals surface area (Å²) in [5.74, 6) is 0.309. The minimum absolute atomic E-state index is 0.210. The van der Waals surface area contributed by atoms with Crippen LogP contribution in [0.4, 0.5) is 5.82 Å². The topological polar surface area (TPSA) is 107 Å². The van der Waals surface area contributed by atoms with E-state index < -0.39 is 11.2 Å². The number of H-pyrrole nitrogens is 1. The minimum atomic E-state index is -0.503. The molecule has 0 unspecified atom stereocenters. The number of rotatable bonds is 2. The van der Waals surface area contributed by atoms with Crippen molar-refractivity contribution >= 4 is 21.7 Å². The van der Waals surface area contributed by atoms with E-state index in [0.29, 0.717) is 11.5 Å². The molecule has 0 aromatic carbocycles. The summed E-state index contributed by atoms with van der Waals surface area (Å²) in [6.45, 7) is 0.210. The number of halogens is 1. The monoisotopic (exact) mass is 297 g/mol. The van der Waals surface area contributed by atoms with Gasteiger partial charge in [-0.3, -0.25) is 19.3 Å². The van der Waals surface area contributed by atoms with Crippen molar-refractivity contribution < 1.29 is 0 Å². The lowest BCUT2D eigenvalue weighted by Crippen LogP contribution is -2.30. The summed E-state index contributed by atoms with van der Waals surface area (Å²) in [7, 11) is 0. The molecule has 0 fully saturated rings. The number of aromatic amines is 1. The summed E-state index contributed by atoms with van der Waals surface area (Å²) in [4.78, 5) is 32.7. The van der Waals surface area contributed by atoms with E-state index in [1.807, 2.05) is 0 Å². The highest BCUT2D eigenvalue weighted by molar-refractivity contribution is 9.10. The van der Waals surface area contributed by atoms with Gasteiger partial charge in [-0.2, -0.15) is 0 Å². The van der Waals surface area contributed by atoms with Crippen molar-refractivity contribution in [3.63, 3.8) is 0 Å². The number of nitrogens with two attached hydrogens (primary N) is 1. The molecular weight excluding hydrogens is 290 g/mol. The largest absolute Gasteiger partial charge is 0.382 e. The lowest BCUT2D eigenvalue weighted by Gasteiger charge is -2.04. The zero-order chi connectivity index (χ0) is 12.4. The summed E-state index contributed by atoms with van der Waals surface area (Å²) in [6.07, 6.45) is 4.28. The first-order valence-electron chi connectivity index (χ1n) is 4.62. The van der Waals surface area contributed by atoms with Crippen LogP contribution in [0.15, 0.2) is 32.7 Å². The third-order valence-corrected chi connectivity index (χ3v) is 2.59. The first-order chi connectivity index (χ1) is 8.06. The van der Waals surface area contributed by atoms with Crippen LogP contribution in [0.2, 0.25) is 0 Å². The highest BCUT2D eigenvalue weighted by Gasteiger charge is 2.03. The smallest absolute Gasteiger partial charge is 0.328 e. The van der Waals surface area contributed by atoms with Gasteiger partial charge in [-0.15, -0.1) is 0 Å². The molecule has 2 aromatic heterocycles. The SMILES string of the molecule is Nc1cnc(Cn2cc(Br)c(=O)[nH]c2=O)cn1. The Morgan fingerprint density at radius 3 is 2.76 bits per heavy atom. The van der Waals surface area contributed by atoms with Crippen molar-refractivity contribution in [3.05, 3.63) is 49.6 Å². The van der Waals surface area contributed by atoms with Crippen LogP contribution in [-0.2, 0) is 6.54 Å². The van der Waals surface area contributed by atoms with Gasteiger partial charge in [0, 0.05) is 6.20 Å². The molecule has 0 saturated heterocycles. The van der Waals surface area contributed by atoms with Crippen LogP contribution in [0, 0.1) is 0 Å². The van der Waals surface area contributed by atoms with Crippen molar-refractivity contribution in [2.24, 2.45) is 0 Å². The molecular formula is C9H8BrN5O2. The molecule has 3 N–H and O–H groups in total. The van der Waals surface area contributed by atoms with E-state index >= 15 is 0 Å². The fourth-order valence-electron chi connectivity index (χ4n) is 1.22. The van der Waals surface area contributed by atoms with Gasteiger partial charge in [0.2, 0.25) is 0 Å². The van der Waals surface area contributed by atoms with E-state index in [0.717, 1.165) is 0 Å². The van der Waals surface area contributed by atoms with Gasteiger partial charge in [0.25, 0.3) is 5.56 Å². The molecule has 0 amide bonds. The van der Waals surface area contributed by atoms with Gasteiger partial charge in [-0.1, -0.05) is 0 Å². The predicted molar refractivity (Wildman–Crippen MR) is 64.6 cm³/mol. The Balaban J connectivity index is 2.36. The molecule has 0 bridgehead atoms. The molecule has 2 heterocycles. The van der Waals surface area contributed by atoms with Crippen molar-refractivity contribution in [2.75, 3.05) is 5.73 Å². The molecule has 7 nitrogen and oxygen atoms in total. The average Bonchev–Trinajstić information content (AvgIpc) is 2.29. The van der Waals surface area contributed by atoms with Gasteiger partial charge >= 0.3 is 5.69 Å². The minimum Gasteiger partial charge on any atom is -0.382 e. The van der Waals surface area contributed by atoms with Gasteiger partial charge in [0.1, 0.15) is 5.82 Å². The molecule has 0 radical (unpaired) electrons. The second kappa shape index (κ2) is 4.50. The fraction of sp³-hybridized carbons (Fsp3) is 0.111. The van der Waals surface area contributed by atoms with E-state index in [4.69, 9.17) is 5.73 Å². The Labute approximate surface area is 103 Å². The summed E-state index contributed by atoms with van der Waals surface area (Å²) >= 11 is 3.05. The normalized spacial score (nSPS) is 10.4. The highest BCUT2D eigenvalue weighted by Crippen LogP contribution is 2.01. The van der Waals surface area contributed by atoms with Crippen molar-refractivity contribution in [1.82, 2.24) is 19.5 Å².